The van der Waals surface area contributed by atoms with Crippen molar-refractivity contribution < 1.29 is 19.4 Å². The summed E-state index contributed by atoms with van der Waals surface area (Å²) in [5.41, 5.74) is 2.05. The number of carboxylic acid groups (broad SMARTS) is 1. The average molecular weight is 376 g/mol. The minimum absolute atomic E-state index is 0.00560. The molecule has 0 saturated carbocycles. The fourth-order valence-corrected chi connectivity index (χ4v) is 2.44. The Labute approximate surface area is 157 Å². The van der Waals surface area contributed by atoms with Crippen LogP contribution in [0.3, 0.4) is 0 Å². The largest absolute Gasteiger partial charge is 0.494 e. The van der Waals surface area contributed by atoms with Crippen LogP contribution in [-0.4, -0.2) is 23.6 Å². The first-order valence-corrected chi connectivity index (χ1v) is 8.85. The summed E-state index contributed by atoms with van der Waals surface area (Å²) in [6.07, 6.45) is 1.67. The molecule has 0 bridgehead atoms. The lowest BCUT2D eigenvalue weighted by Gasteiger charge is -2.08. The summed E-state index contributed by atoms with van der Waals surface area (Å²) >= 11 is 5.84. The smallest absolute Gasteiger partial charge is 0.303 e. The number of hydrogen-bond acceptors (Lipinski definition) is 3. The predicted octanol–water partition coefficient (Wildman–Crippen LogP) is 3.83. The standard InChI is InChI=1S/C20H22ClNO4/c21-17-8-3-15(4-9-17)7-12-19(23)22-14-16-5-10-18(11-6-16)26-13-1-2-20(24)25/h3-6,8-11H,1-2,7,12-14H2,(H,22,23)(H,24,25). The van der Waals surface area contributed by atoms with E-state index in [2.05, 4.69) is 5.32 Å². The highest BCUT2D eigenvalue weighted by Gasteiger charge is 2.03. The zero-order chi connectivity index (χ0) is 18.8. The second kappa shape index (κ2) is 10.5. The number of amides is 1. The van der Waals surface area contributed by atoms with Gasteiger partial charge in [0, 0.05) is 24.4 Å². The van der Waals surface area contributed by atoms with Gasteiger partial charge in [0.25, 0.3) is 0 Å². The highest BCUT2D eigenvalue weighted by Crippen LogP contribution is 2.13. The summed E-state index contributed by atoms with van der Waals surface area (Å²) in [5.74, 6) is -0.141. The second-order valence-electron chi connectivity index (χ2n) is 5.89. The molecule has 0 radical (unpaired) electrons. The number of carbonyl (C=O) groups excluding carboxylic acids is 1. The molecule has 2 aromatic rings. The number of aliphatic carboxylic acids is 1. The molecule has 2 rings (SSSR count). The molecule has 26 heavy (non-hydrogen) atoms. The maximum absolute atomic E-state index is 11.9. The molecular formula is C20H22ClNO4. The summed E-state index contributed by atoms with van der Waals surface area (Å²) in [7, 11) is 0. The highest BCUT2D eigenvalue weighted by atomic mass is 35.5. The Morgan fingerprint density at radius 2 is 1.62 bits per heavy atom. The molecule has 0 atom stereocenters. The van der Waals surface area contributed by atoms with E-state index in [1.165, 1.54) is 0 Å². The highest BCUT2D eigenvalue weighted by molar-refractivity contribution is 6.30. The van der Waals surface area contributed by atoms with Crippen molar-refractivity contribution in [2.45, 2.75) is 32.2 Å². The fraction of sp³-hybridized carbons (Fsp3) is 0.300. The molecule has 2 aromatic carbocycles. The van der Waals surface area contributed by atoms with E-state index in [1.807, 2.05) is 48.5 Å². The number of carboxylic acids is 1. The molecule has 0 aromatic heterocycles. The third-order valence-corrected chi connectivity index (χ3v) is 4.02. The van der Waals surface area contributed by atoms with E-state index in [-0.39, 0.29) is 12.3 Å². The van der Waals surface area contributed by atoms with Crippen LogP contribution in [0.1, 0.15) is 30.4 Å². The predicted molar refractivity (Wildman–Crippen MR) is 100 cm³/mol. The van der Waals surface area contributed by atoms with E-state index in [1.54, 1.807) is 0 Å². The van der Waals surface area contributed by atoms with Crippen LogP contribution in [0.5, 0.6) is 5.75 Å². The Hall–Kier alpha value is -2.53. The lowest BCUT2D eigenvalue weighted by atomic mass is 10.1. The summed E-state index contributed by atoms with van der Waals surface area (Å²) in [4.78, 5) is 22.4. The number of rotatable bonds is 10. The van der Waals surface area contributed by atoms with Gasteiger partial charge in [-0.1, -0.05) is 35.9 Å². The van der Waals surface area contributed by atoms with Crippen molar-refractivity contribution in [1.29, 1.82) is 0 Å². The Bertz CT molecular complexity index is 714. The number of halogens is 1. The molecule has 5 nitrogen and oxygen atoms in total. The van der Waals surface area contributed by atoms with Gasteiger partial charge in [0.15, 0.2) is 0 Å². The topological polar surface area (TPSA) is 75.6 Å². The SMILES string of the molecule is O=C(O)CCCOc1ccc(CNC(=O)CCc2ccc(Cl)cc2)cc1. The van der Waals surface area contributed by atoms with Gasteiger partial charge in [0.2, 0.25) is 5.91 Å². The van der Waals surface area contributed by atoms with Crippen LogP contribution in [0.15, 0.2) is 48.5 Å². The molecule has 0 fully saturated rings. The third kappa shape index (κ3) is 7.57. The fourth-order valence-electron chi connectivity index (χ4n) is 2.31. The van der Waals surface area contributed by atoms with Crippen molar-refractivity contribution in [3.8, 4) is 5.75 Å². The Morgan fingerprint density at radius 3 is 2.27 bits per heavy atom. The van der Waals surface area contributed by atoms with Gasteiger partial charge in [-0.2, -0.15) is 0 Å². The number of carbonyl (C=O) groups is 2. The number of aryl methyl sites for hydroxylation is 1. The van der Waals surface area contributed by atoms with Crippen molar-refractivity contribution in [2.24, 2.45) is 0 Å². The zero-order valence-electron chi connectivity index (χ0n) is 14.4. The molecule has 0 spiro atoms. The van der Waals surface area contributed by atoms with E-state index in [4.69, 9.17) is 21.4 Å². The first-order valence-electron chi connectivity index (χ1n) is 8.47. The zero-order valence-corrected chi connectivity index (χ0v) is 15.2. The van der Waals surface area contributed by atoms with Gasteiger partial charge in [-0.05, 0) is 48.2 Å². The summed E-state index contributed by atoms with van der Waals surface area (Å²) in [5, 5.41) is 12.2. The monoisotopic (exact) mass is 375 g/mol. The minimum atomic E-state index is -0.823. The first-order chi connectivity index (χ1) is 12.5. The van der Waals surface area contributed by atoms with Crippen LogP contribution in [0.4, 0.5) is 0 Å². The van der Waals surface area contributed by atoms with Crippen LogP contribution < -0.4 is 10.1 Å². The summed E-state index contributed by atoms with van der Waals surface area (Å²) in [6.45, 7) is 0.825. The number of ether oxygens (including phenoxy) is 1. The van der Waals surface area contributed by atoms with Crippen molar-refractivity contribution in [1.82, 2.24) is 5.32 Å². The number of hydrogen-bond donors (Lipinski definition) is 2. The minimum Gasteiger partial charge on any atom is -0.494 e. The number of benzene rings is 2. The molecule has 0 aliphatic carbocycles. The van der Waals surface area contributed by atoms with Gasteiger partial charge >= 0.3 is 5.97 Å². The van der Waals surface area contributed by atoms with Gasteiger partial charge in [-0.3, -0.25) is 9.59 Å². The van der Waals surface area contributed by atoms with E-state index >= 15 is 0 Å². The van der Waals surface area contributed by atoms with Gasteiger partial charge in [0.05, 0.1) is 6.61 Å². The van der Waals surface area contributed by atoms with Crippen LogP contribution in [0, 0.1) is 0 Å². The van der Waals surface area contributed by atoms with Crippen LogP contribution in [-0.2, 0) is 22.6 Å². The van der Waals surface area contributed by atoms with E-state index in [0.29, 0.717) is 43.2 Å². The van der Waals surface area contributed by atoms with Crippen LogP contribution in [0.25, 0.3) is 0 Å². The molecule has 6 heteroatoms. The van der Waals surface area contributed by atoms with Crippen molar-refractivity contribution in [2.75, 3.05) is 6.61 Å². The molecule has 0 saturated heterocycles. The lowest BCUT2D eigenvalue weighted by Crippen LogP contribution is -2.22. The maximum Gasteiger partial charge on any atom is 0.303 e. The van der Waals surface area contributed by atoms with E-state index in [0.717, 1.165) is 11.1 Å². The van der Waals surface area contributed by atoms with Gasteiger partial charge in [-0.15, -0.1) is 0 Å². The van der Waals surface area contributed by atoms with Crippen molar-refractivity contribution in [3.05, 3.63) is 64.7 Å². The molecule has 0 aliphatic rings. The molecule has 0 aliphatic heterocycles. The normalized spacial score (nSPS) is 10.3. The maximum atomic E-state index is 11.9. The van der Waals surface area contributed by atoms with Gasteiger partial charge < -0.3 is 15.2 Å². The van der Waals surface area contributed by atoms with E-state index in [9.17, 15) is 9.59 Å². The van der Waals surface area contributed by atoms with Gasteiger partial charge in [0.1, 0.15) is 5.75 Å². The van der Waals surface area contributed by atoms with Gasteiger partial charge in [-0.25, -0.2) is 0 Å². The molecular weight excluding hydrogens is 354 g/mol. The third-order valence-electron chi connectivity index (χ3n) is 3.77. The molecule has 1 amide bonds. The van der Waals surface area contributed by atoms with Crippen LogP contribution >= 0.6 is 11.6 Å². The van der Waals surface area contributed by atoms with Crippen molar-refractivity contribution in [3.63, 3.8) is 0 Å². The van der Waals surface area contributed by atoms with E-state index < -0.39 is 5.97 Å². The second-order valence-corrected chi connectivity index (χ2v) is 6.33. The summed E-state index contributed by atoms with van der Waals surface area (Å²) < 4.78 is 5.47. The van der Waals surface area contributed by atoms with Crippen molar-refractivity contribution >= 4 is 23.5 Å². The Morgan fingerprint density at radius 1 is 0.962 bits per heavy atom. The Balaban J connectivity index is 1.67. The number of nitrogens with one attached hydrogen (secondary N) is 1. The molecule has 138 valence electrons. The lowest BCUT2D eigenvalue weighted by molar-refractivity contribution is -0.137. The average Bonchev–Trinajstić information content (AvgIpc) is 2.64. The quantitative estimate of drug-likeness (QED) is 0.619. The summed E-state index contributed by atoms with van der Waals surface area (Å²) in [6, 6.07) is 14.9. The Kier molecular flexibility index (Phi) is 7.96. The molecule has 0 heterocycles. The first kappa shape index (κ1) is 19.8. The van der Waals surface area contributed by atoms with Crippen LogP contribution in [0.2, 0.25) is 5.02 Å². The molecule has 0 unspecified atom stereocenters. The molecule has 2 N–H and O–H groups in total.